The minimum atomic E-state index is 1.20. The van der Waals surface area contributed by atoms with Gasteiger partial charge in [0.05, 0.1) is 0 Å². The number of allylic oxidation sites excluding steroid dienone is 4. The smallest absolute Gasteiger partial charge is 0.0178 e. The number of hydrogen-bond acceptors (Lipinski definition) is 0. The summed E-state index contributed by atoms with van der Waals surface area (Å²) < 4.78 is 0. The fourth-order valence-corrected chi connectivity index (χ4v) is 2.97. The molecule has 0 saturated heterocycles. The van der Waals surface area contributed by atoms with Crippen LogP contribution in [-0.2, 0) is 0 Å². The van der Waals surface area contributed by atoms with E-state index < -0.39 is 0 Å². The molecule has 0 atom stereocenters. The average molecular weight is 306 g/mol. The molecular weight excluding hydrogens is 276 g/mol. The molecule has 0 spiro atoms. The predicted molar refractivity (Wildman–Crippen MR) is 105 cm³/mol. The third-order valence-electron chi connectivity index (χ3n) is 4.47. The summed E-state index contributed by atoms with van der Waals surface area (Å²) in [6.07, 6.45) is 16.0. The maximum atomic E-state index is 2.41. The molecule has 0 fully saturated rings. The van der Waals surface area contributed by atoms with Crippen LogP contribution in [0.1, 0.15) is 64.4 Å². The van der Waals surface area contributed by atoms with E-state index in [9.17, 15) is 0 Å². The average Bonchev–Trinajstić information content (AvgIpc) is 2.59. The van der Waals surface area contributed by atoms with Crippen LogP contribution in [-0.4, -0.2) is 0 Å². The summed E-state index contributed by atoms with van der Waals surface area (Å²) in [6, 6.07) is 15.4. The van der Waals surface area contributed by atoms with Crippen LogP contribution in [0.2, 0.25) is 0 Å². The van der Waals surface area contributed by atoms with E-state index in [1.807, 2.05) is 0 Å². The van der Waals surface area contributed by atoms with Crippen molar-refractivity contribution in [1.29, 1.82) is 0 Å². The van der Waals surface area contributed by atoms with Gasteiger partial charge in [0.15, 0.2) is 0 Å². The van der Waals surface area contributed by atoms with Gasteiger partial charge in [-0.1, -0.05) is 73.9 Å². The van der Waals surface area contributed by atoms with E-state index in [-0.39, 0.29) is 0 Å². The topological polar surface area (TPSA) is 0 Å². The van der Waals surface area contributed by atoms with E-state index in [2.05, 4.69) is 74.5 Å². The van der Waals surface area contributed by atoms with Crippen LogP contribution >= 0.6 is 0 Å². The first kappa shape index (κ1) is 17.5. The second-order valence-corrected chi connectivity index (χ2v) is 6.36. The van der Waals surface area contributed by atoms with Gasteiger partial charge in [-0.3, -0.25) is 0 Å². The summed E-state index contributed by atoms with van der Waals surface area (Å²) in [4.78, 5) is 0. The summed E-state index contributed by atoms with van der Waals surface area (Å²) in [5, 5.41) is 2.65. The van der Waals surface area contributed by atoms with Crippen LogP contribution in [0.4, 0.5) is 0 Å². The van der Waals surface area contributed by atoms with Crippen molar-refractivity contribution in [3.05, 3.63) is 66.3 Å². The molecule has 122 valence electrons. The molecule has 23 heavy (non-hydrogen) atoms. The van der Waals surface area contributed by atoms with Gasteiger partial charge in [-0.2, -0.15) is 0 Å². The highest BCUT2D eigenvalue weighted by Gasteiger charge is 1.98. The molecule has 2 aromatic rings. The molecule has 0 nitrogen and oxygen atoms in total. The molecule has 0 N–H and O–H groups in total. The maximum Gasteiger partial charge on any atom is -0.0178 e. The third-order valence-corrected chi connectivity index (χ3v) is 4.47. The number of fused-ring (bicyclic) bond motifs is 1. The lowest BCUT2D eigenvalue weighted by Gasteiger charge is -2.05. The van der Waals surface area contributed by atoms with Crippen molar-refractivity contribution in [3.8, 4) is 0 Å². The van der Waals surface area contributed by atoms with Crippen LogP contribution in [0.15, 0.2) is 60.7 Å². The molecule has 0 saturated carbocycles. The highest BCUT2D eigenvalue weighted by molar-refractivity contribution is 5.86. The SMILES string of the molecule is C/C=C/CCCCCCCC=C(C)c1ccc2ccccc2c1. The fraction of sp³-hybridized carbons (Fsp3) is 0.391. The quantitative estimate of drug-likeness (QED) is 0.331. The molecule has 0 heteroatoms. The number of rotatable bonds is 9. The Bertz CT molecular complexity index is 646. The van der Waals surface area contributed by atoms with Gasteiger partial charge in [0.1, 0.15) is 0 Å². The molecule has 0 aliphatic heterocycles. The Hall–Kier alpha value is -1.82. The molecular formula is C23H30. The van der Waals surface area contributed by atoms with Gasteiger partial charge in [0.25, 0.3) is 0 Å². The zero-order valence-corrected chi connectivity index (χ0v) is 14.7. The Morgan fingerprint density at radius 3 is 2.30 bits per heavy atom. The molecule has 0 aliphatic rings. The minimum absolute atomic E-state index is 1.20. The Morgan fingerprint density at radius 1 is 0.826 bits per heavy atom. The summed E-state index contributed by atoms with van der Waals surface area (Å²) in [5.41, 5.74) is 2.76. The van der Waals surface area contributed by atoms with E-state index in [0.717, 1.165) is 0 Å². The lowest BCUT2D eigenvalue weighted by molar-refractivity contribution is 0.622. The predicted octanol–water partition coefficient (Wildman–Crippen LogP) is 7.55. The first-order valence-electron chi connectivity index (χ1n) is 9.08. The first-order chi connectivity index (χ1) is 11.3. The summed E-state index contributed by atoms with van der Waals surface area (Å²) in [7, 11) is 0. The van der Waals surface area contributed by atoms with Crippen LogP contribution in [0.25, 0.3) is 16.3 Å². The van der Waals surface area contributed by atoms with Crippen LogP contribution in [0, 0.1) is 0 Å². The van der Waals surface area contributed by atoms with Gasteiger partial charge in [-0.15, -0.1) is 0 Å². The Balaban J connectivity index is 1.74. The number of unbranched alkanes of at least 4 members (excludes halogenated alkanes) is 6. The molecule has 2 rings (SSSR count). The highest BCUT2D eigenvalue weighted by Crippen LogP contribution is 2.21. The van der Waals surface area contributed by atoms with Crippen molar-refractivity contribution >= 4 is 16.3 Å². The molecule has 0 unspecified atom stereocenters. The van der Waals surface area contributed by atoms with E-state index in [4.69, 9.17) is 0 Å². The van der Waals surface area contributed by atoms with E-state index in [1.165, 1.54) is 66.9 Å². The number of benzene rings is 2. The molecule has 0 heterocycles. The second-order valence-electron chi connectivity index (χ2n) is 6.36. The fourth-order valence-electron chi connectivity index (χ4n) is 2.97. The largest absolute Gasteiger partial charge is 0.0917 e. The Labute approximate surface area is 141 Å². The molecule has 0 aliphatic carbocycles. The van der Waals surface area contributed by atoms with E-state index in [0.29, 0.717) is 0 Å². The summed E-state index contributed by atoms with van der Waals surface area (Å²) in [6.45, 7) is 4.34. The van der Waals surface area contributed by atoms with Crippen LogP contribution < -0.4 is 0 Å². The van der Waals surface area contributed by atoms with Crippen LogP contribution in [0.5, 0.6) is 0 Å². The van der Waals surface area contributed by atoms with Gasteiger partial charge >= 0.3 is 0 Å². The van der Waals surface area contributed by atoms with Gasteiger partial charge < -0.3 is 0 Å². The van der Waals surface area contributed by atoms with Gasteiger partial charge in [0, 0.05) is 0 Å². The number of hydrogen-bond donors (Lipinski definition) is 0. The van der Waals surface area contributed by atoms with Crippen molar-refractivity contribution in [2.45, 2.75) is 58.8 Å². The van der Waals surface area contributed by atoms with Crippen molar-refractivity contribution < 1.29 is 0 Å². The normalized spacial score (nSPS) is 12.3. The Kier molecular flexibility index (Phi) is 7.66. The molecule has 0 bridgehead atoms. The van der Waals surface area contributed by atoms with E-state index >= 15 is 0 Å². The van der Waals surface area contributed by atoms with E-state index in [1.54, 1.807) is 0 Å². The summed E-state index contributed by atoms with van der Waals surface area (Å²) >= 11 is 0. The van der Waals surface area contributed by atoms with Crippen molar-refractivity contribution in [3.63, 3.8) is 0 Å². The zero-order valence-electron chi connectivity index (χ0n) is 14.7. The van der Waals surface area contributed by atoms with Gasteiger partial charge in [0.2, 0.25) is 0 Å². The third kappa shape index (κ3) is 6.06. The molecule has 0 radical (unpaired) electrons. The first-order valence-corrected chi connectivity index (χ1v) is 9.08. The standard InChI is InChI=1S/C23H30/c1-3-4-5-6-7-8-9-10-11-14-20(2)22-18-17-21-15-12-13-16-23(21)19-22/h3-4,12-19H,5-11H2,1-2H3/b4-3+,20-14?. The van der Waals surface area contributed by atoms with Crippen molar-refractivity contribution in [1.82, 2.24) is 0 Å². The molecule has 2 aromatic carbocycles. The lowest BCUT2D eigenvalue weighted by atomic mass is 10.0. The molecule has 0 aromatic heterocycles. The van der Waals surface area contributed by atoms with Crippen LogP contribution in [0.3, 0.4) is 0 Å². The highest BCUT2D eigenvalue weighted by atomic mass is 14.0. The lowest BCUT2D eigenvalue weighted by Crippen LogP contribution is -1.82. The Morgan fingerprint density at radius 2 is 1.52 bits per heavy atom. The second kappa shape index (κ2) is 10.0. The van der Waals surface area contributed by atoms with Gasteiger partial charge in [-0.25, -0.2) is 0 Å². The monoisotopic (exact) mass is 306 g/mol. The van der Waals surface area contributed by atoms with Crippen molar-refractivity contribution in [2.24, 2.45) is 0 Å². The maximum absolute atomic E-state index is 2.41. The molecule has 0 amide bonds. The minimum Gasteiger partial charge on any atom is -0.0917 e. The van der Waals surface area contributed by atoms with Gasteiger partial charge in [-0.05, 0) is 67.5 Å². The zero-order chi connectivity index (χ0) is 16.3. The van der Waals surface area contributed by atoms with Crippen molar-refractivity contribution in [2.75, 3.05) is 0 Å². The summed E-state index contributed by atoms with van der Waals surface area (Å²) in [5.74, 6) is 0.